The first kappa shape index (κ1) is 26.9. The number of rotatable bonds is 8. The fraction of sp³-hybridized carbons (Fsp3) is 0.586. The lowest BCUT2D eigenvalue weighted by atomic mass is 9.63. The van der Waals surface area contributed by atoms with Gasteiger partial charge in [-0.25, -0.2) is 13.2 Å². The maximum absolute atomic E-state index is 15.0. The Labute approximate surface area is 209 Å². The summed E-state index contributed by atoms with van der Waals surface area (Å²) in [5.74, 6) is -2.78. The number of fused-ring (bicyclic) bond motifs is 1. The van der Waals surface area contributed by atoms with E-state index in [1.807, 2.05) is 0 Å². The van der Waals surface area contributed by atoms with Gasteiger partial charge in [-0.1, -0.05) is 57.6 Å². The molecule has 2 aliphatic rings. The second-order valence-electron chi connectivity index (χ2n) is 10.6. The highest BCUT2D eigenvalue weighted by Crippen LogP contribution is 2.48. The molecule has 0 heterocycles. The highest BCUT2D eigenvalue weighted by Gasteiger charge is 2.36. The van der Waals surface area contributed by atoms with Gasteiger partial charge in [0.05, 0.1) is 0 Å². The minimum atomic E-state index is -5.23. The van der Waals surface area contributed by atoms with Crippen molar-refractivity contribution in [1.82, 2.24) is 0 Å². The lowest BCUT2D eigenvalue weighted by molar-refractivity contribution is -0.276. The van der Waals surface area contributed by atoms with Gasteiger partial charge in [0, 0.05) is 5.56 Å². The smallest absolute Gasteiger partial charge is 0.399 e. The zero-order chi connectivity index (χ0) is 25.9. The van der Waals surface area contributed by atoms with Crippen LogP contribution in [0.3, 0.4) is 0 Å². The van der Waals surface area contributed by atoms with E-state index in [2.05, 4.69) is 11.7 Å². The standard InChI is InChI=1S/C29H34F6O/c1-2-3-4-5-6-18-7-8-20-14-21(10-9-19(20)13-18)22-11-12-24(25(30)15-22)23-16-26(31)28(27(32)17-23)36-29(33,34)35/h11-12,15-21H,2-10,13-14H2,1H3. The molecule has 0 radical (unpaired) electrons. The average molecular weight is 513 g/mol. The Kier molecular flexibility index (Phi) is 8.56. The molecule has 0 aliphatic heterocycles. The summed E-state index contributed by atoms with van der Waals surface area (Å²) in [4.78, 5) is 0. The molecule has 0 bridgehead atoms. The second-order valence-corrected chi connectivity index (χ2v) is 10.6. The Balaban J connectivity index is 1.40. The van der Waals surface area contributed by atoms with Crippen LogP contribution in [-0.4, -0.2) is 6.36 Å². The van der Waals surface area contributed by atoms with Gasteiger partial charge < -0.3 is 4.74 Å². The van der Waals surface area contributed by atoms with E-state index >= 15 is 4.39 Å². The van der Waals surface area contributed by atoms with Crippen molar-refractivity contribution >= 4 is 0 Å². The largest absolute Gasteiger partial charge is 0.573 e. The molecule has 0 amide bonds. The van der Waals surface area contributed by atoms with Crippen molar-refractivity contribution in [3.05, 3.63) is 53.3 Å². The minimum Gasteiger partial charge on any atom is -0.399 e. The Morgan fingerprint density at radius 3 is 2.17 bits per heavy atom. The van der Waals surface area contributed by atoms with Crippen molar-refractivity contribution in [3.63, 3.8) is 0 Å². The Hall–Kier alpha value is -2.18. The topological polar surface area (TPSA) is 9.23 Å². The van der Waals surface area contributed by atoms with E-state index in [4.69, 9.17) is 0 Å². The highest BCUT2D eigenvalue weighted by atomic mass is 19.4. The molecule has 4 unspecified atom stereocenters. The molecule has 1 nitrogen and oxygen atoms in total. The molecule has 4 atom stereocenters. The number of alkyl halides is 3. The Bertz CT molecular complexity index is 1010. The van der Waals surface area contributed by atoms with E-state index in [1.54, 1.807) is 6.07 Å². The predicted molar refractivity (Wildman–Crippen MR) is 128 cm³/mol. The van der Waals surface area contributed by atoms with Crippen LogP contribution in [0, 0.1) is 35.2 Å². The molecule has 36 heavy (non-hydrogen) atoms. The molecule has 0 saturated heterocycles. The van der Waals surface area contributed by atoms with E-state index in [0.717, 1.165) is 36.7 Å². The third-order valence-corrected chi connectivity index (χ3v) is 8.18. The summed E-state index contributed by atoms with van der Waals surface area (Å²) in [5, 5.41) is 0. The Morgan fingerprint density at radius 1 is 0.806 bits per heavy atom. The second kappa shape index (κ2) is 11.5. The van der Waals surface area contributed by atoms with Crippen molar-refractivity contribution < 1.29 is 31.1 Å². The zero-order valence-electron chi connectivity index (χ0n) is 20.7. The quantitative estimate of drug-likeness (QED) is 0.253. The summed E-state index contributed by atoms with van der Waals surface area (Å²) in [5.41, 5.74) is 0.631. The first-order valence-electron chi connectivity index (χ1n) is 13.2. The summed E-state index contributed by atoms with van der Waals surface area (Å²) >= 11 is 0. The van der Waals surface area contributed by atoms with E-state index in [9.17, 15) is 22.0 Å². The van der Waals surface area contributed by atoms with Crippen molar-refractivity contribution in [2.24, 2.45) is 17.8 Å². The monoisotopic (exact) mass is 512 g/mol. The van der Waals surface area contributed by atoms with Crippen molar-refractivity contribution in [2.45, 2.75) is 89.8 Å². The summed E-state index contributed by atoms with van der Waals surface area (Å²) in [7, 11) is 0. The van der Waals surface area contributed by atoms with E-state index in [1.165, 1.54) is 63.5 Å². The maximum Gasteiger partial charge on any atom is 0.573 e. The first-order chi connectivity index (χ1) is 17.1. The maximum atomic E-state index is 15.0. The van der Waals surface area contributed by atoms with Crippen LogP contribution >= 0.6 is 0 Å². The van der Waals surface area contributed by atoms with Crippen LogP contribution in [0.5, 0.6) is 5.75 Å². The summed E-state index contributed by atoms with van der Waals surface area (Å²) in [6, 6.07) is 5.97. The number of hydrogen-bond donors (Lipinski definition) is 0. The zero-order valence-corrected chi connectivity index (χ0v) is 20.7. The number of halogens is 6. The van der Waals surface area contributed by atoms with Gasteiger partial charge in [-0.05, 0) is 85.1 Å². The predicted octanol–water partition coefficient (Wildman–Crippen LogP) is 9.94. The summed E-state index contributed by atoms with van der Waals surface area (Å²) < 4.78 is 83.9. The van der Waals surface area contributed by atoms with Crippen LogP contribution in [0.4, 0.5) is 26.3 Å². The van der Waals surface area contributed by atoms with Crippen molar-refractivity contribution in [2.75, 3.05) is 0 Å². The van der Waals surface area contributed by atoms with Gasteiger partial charge in [0.1, 0.15) is 5.82 Å². The minimum absolute atomic E-state index is 0.0626. The first-order valence-corrected chi connectivity index (χ1v) is 13.2. The fourth-order valence-corrected chi connectivity index (χ4v) is 6.36. The molecule has 0 aromatic heterocycles. The molecule has 2 aromatic carbocycles. The molecule has 2 fully saturated rings. The molecule has 0 spiro atoms. The number of hydrogen-bond acceptors (Lipinski definition) is 1. The van der Waals surface area contributed by atoms with Crippen LogP contribution in [-0.2, 0) is 0 Å². The van der Waals surface area contributed by atoms with Gasteiger partial charge >= 0.3 is 6.36 Å². The van der Waals surface area contributed by atoms with Gasteiger partial charge in [0.2, 0.25) is 5.75 Å². The molecular weight excluding hydrogens is 478 g/mol. The van der Waals surface area contributed by atoms with Crippen LogP contribution in [0.25, 0.3) is 11.1 Å². The van der Waals surface area contributed by atoms with Crippen molar-refractivity contribution in [1.29, 1.82) is 0 Å². The third-order valence-electron chi connectivity index (χ3n) is 8.18. The summed E-state index contributed by atoms with van der Waals surface area (Å²) in [6.45, 7) is 2.23. The molecule has 2 aromatic rings. The number of ether oxygens (including phenoxy) is 1. The van der Waals surface area contributed by atoms with Crippen LogP contribution in [0.15, 0.2) is 30.3 Å². The van der Waals surface area contributed by atoms with Gasteiger partial charge in [-0.3, -0.25) is 0 Å². The number of benzene rings is 2. The van der Waals surface area contributed by atoms with Crippen LogP contribution in [0.1, 0.15) is 89.0 Å². The molecule has 2 aliphatic carbocycles. The van der Waals surface area contributed by atoms with Crippen LogP contribution in [0.2, 0.25) is 0 Å². The molecular formula is C29H34F6O. The van der Waals surface area contributed by atoms with E-state index in [-0.39, 0.29) is 17.0 Å². The molecule has 2 saturated carbocycles. The molecule has 0 N–H and O–H groups in total. The molecule has 7 heteroatoms. The SMILES string of the molecule is CCCCCCC1CCC2CC(c3ccc(-c4cc(F)c(OC(F)(F)F)c(F)c4)c(F)c3)CCC2C1. The lowest BCUT2D eigenvalue weighted by Crippen LogP contribution is -2.30. The van der Waals surface area contributed by atoms with Gasteiger partial charge in [0.25, 0.3) is 0 Å². The van der Waals surface area contributed by atoms with Gasteiger partial charge in [-0.2, -0.15) is 0 Å². The molecule has 4 rings (SSSR count). The van der Waals surface area contributed by atoms with E-state index < -0.39 is 29.6 Å². The molecule has 198 valence electrons. The van der Waals surface area contributed by atoms with Gasteiger partial charge in [0.15, 0.2) is 11.6 Å². The highest BCUT2D eigenvalue weighted by molar-refractivity contribution is 5.66. The fourth-order valence-electron chi connectivity index (χ4n) is 6.36. The summed E-state index contributed by atoms with van der Waals surface area (Å²) in [6.07, 6.45) is 8.31. The van der Waals surface area contributed by atoms with E-state index in [0.29, 0.717) is 18.1 Å². The van der Waals surface area contributed by atoms with Gasteiger partial charge in [-0.15, -0.1) is 13.2 Å². The Morgan fingerprint density at radius 2 is 1.50 bits per heavy atom. The number of unbranched alkanes of at least 4 members (excludes halogenated alkanes) is 3. The normalized spacial score (nSPS) is 24.4. The van der Waals surface area contributed by atoms with Crippen LogP contribution < -0.4 is 4.74 Å². The third kappa shape index (κ3) is 6.57. The average Bonchev–Trinajstić information content (AvgIpc) is 2.83. The van der Waals surface area contributed by atoms with Crippen molar-refractivity contribution in [3.8, 4) is 16.9 Å². The lowest BCUT2D eigenvalue weighted by Gasteiger charge is -2.42.